The lowest BCUT2D eigenvalue weighted by Gasteiger charge is -2.08. The standard InChI is InChI=1S/C15H16N4S/c1-11-6-7-20-14(11)9-16-13-5-3-4-12(8-13)15-18-17-10-19(15)2/h3-8,10,16H,9H2,1-2H3. The van der Waals surface area contributed by atoms with E-state index in [1.807, 2.05) is 23.7 Å². The number of nitrogens with zero attached hydrogens (tertiary/aromatic N) is 3. The van der Waals surface area contributed by atoms with Crippen LogP contribution in [0.2, 0.25) is 0 Å². The van der Waals surface area contributed by atoms with E-state index in [-0.39, 0.29) is 0 Å². The summed E-state index contributed by atoms with van der Waals surface area (Å²) in [5, 5.41) is 13.6. The van der Waals surface area contributed by atoms with Crippen LogP contribution in [0.1, 0.15) is 10.4 Å². The van der Waals surface area contributed by atoms with Gasteiger partial charge in [0.2, 0.25) is 0 Å². The number of thiophene rings is 1. The number of anilines is 1. The maximum atomic E-state index is 4.14. The van der Waals surface area contributed by atoms with Gasteiger partial charge in [-0.05, 0) is 36.1 Å². The van der Waals surface area contributed by atoms with Gasteiger partial charge in [0.05, 0.1) is 0 Å². The molecule has 0 saturated carbocycles. The molecule has 0 spiro atoms. The molecule has 0 fully saturated rings. The Labute approximate surface area is 122 Å². The molecule has 0 aliphatic carbocycles. The summed E-state index contributed by atoms with van der Waals surface area (Å²) in [6, 6.07) is 10.4. The van der Waals surface area contributed by atoms with Gasteiger partial charge in [0.15, 0.2) is 5.82 Å². The van der Waals surface area contributed by atoms with Crippen molar-refractivity contribution < 1.29 is 0 Å². The molecule has 0 atom stereocenters. The highest BCUT2D eigenvalue weighted by molar-refractivity contribution is 7.10. The third-order valence-corrected chi connectivity index (χ3v) is 4.28. The van der Waals surface area contributed by atoms with Crippen LogP contribution in [0.3, 0.4) is 0 Å². The van der Waals surface area contributed by atoms with Crippen molar-refractivity contribution in [1.82, 2.24) is 14.8 Å². The Kier molecular flexibility index (Phi) is 3.52. The predicted octanol–water partition coefficient (Wildman–Crippen LogP) is 3.46. The molecule has 2 aromatic heterocycles. The minimum atomic E-state index is 0.853. The molecule has 20 heavy (non-hydrogen) atoms. The molecule has 0 unspecified atom stereocenters. The minimum absolute atomic E-state index is 0.853. The van der Waals surface area contributed by atoms with Gasteiger partial charge in [-0.25, -0.2) is 0 Å². The van der Waals surface area contributed by atoms with Gasteiger partial charge in [-0.2, -0.15) is 0 Å². The summed E-state index contributed by atoms with van der Waals surface area (Å²) in [4.78, 5) is 1.37. The molecule has 0 amide bonds. The van der Waals surface area contributed by atoms with Crippen molar-refractivity contribution in [2.24, 2.45) is 7.05 Å². The molecule has 0 saturated heterocycles. The van der Waals surface area contributed by atoms with Crippen LogP contribution in [0.5, 0.6) is 0 Å². The summed E-state index contributed by atoms with van der Waals surface area (Å²) in [5.41, 5.74) is 3.50. The maximum Gasteiger partial charge on any atom is 0.163 e. The molecule has 3 aromatic rings. The summed E-state index contributed by atoms with van der Waals surface area (Å²) in [5.74, 6) is 0.876. The SMILES string of the molecule is Cc1ccsc1CNc1cccc(-c2nncn2C)c1. The quantitative estimate of drug-likeness (QED) is 0.797. The fraction of sp³-hybridized carbons (Fsp3) is 0.200. The van der Waals surface area contributed by atoms with Crippen molar-refractivity contribution in [3.8, 4) is 11.4 Å². The molecule has 1 aromatic carbocycles. The molecular formula is C15H16N4S. The molecule has 0 aliphatic rings. The lowest BCUT2D eigenvalue weighted by Crippen LogP contribution is -1.99. The third-order valence-electron chi connectivity index (χ3n) is 3.25. The van der Waals surface area contributed by atoms with Gasteiger partial charge in [-0.1, -0.05) is 12.1 Å². The van der Waals surface area contributed by atoms with Crippen molar-refractivity contribution in [3.05, 3.63) is 52.5 Å². The zero-order valence-electron chi connectivity index (χ0n) is 11.5. The first-order valence-electron chi connectivity index (χ1n) is 6.45. The molecule has 0 aliphatic heterocycles. The number of hydrogen-bond acceptors (Lipinski definition) is 4. The van der Waals surface area contributed by atoms with Crippen LogP contribution < -0.4 is 5.32 Å². The van der Waals surface area contributed by atoms with Crippen LogP contribution in [0.4, 0.5) is 5.69 Å². The number of rotatable bonds is 4. The van der Waals surface area contributed by atoms with E-state index < -0.39 is 0 Å². The Morgan fingerprint density at radius 2 is 2.20 bits per heavy atom. The topological polar surface area (TPSA) is 42.7 Å². The smallest absolute Gasteiger partial charge is 0.163 e. The highest BCUT2D eigenvalue weighted by Crippen LogP contribution is 2.22. The Bertz CT molecular complexity index is 714. The molecular weight excluding hydrogens is 268 g/mol. The second-order valence-corrected chi connectivity index (χ2v) is 5.73. The van der Waals surface area contributed by atoms with E-state index in [2.05, 4.69) is 46.0 Å². The number of aryl methyl sites for hydroxylation is 2. The Balaban J connectivity index is 1.78. The van der Waals surface area contributed by atoms with Gasteiger partial charge in [0.25, 0.3) is 0 Å². The van der Waals surface area contributed by atoms with E-state index in [4.69, 9.17) is 0 Å². The number of hydrogen-bond donors (Lipinski definition) is 1. The zero-order valence-corrected chi connectivity index (χ0v) is 12.3. The lowest BCUT2D eigenvalue weighted by molar-refractivity contribution is 0.920. The summed E-state index contributed by atoms with van der Waals surface area (Å²) in [6.07, 6.45) is 1.71. The molecule has 4 nitrogen and oxygen atoms in total. The first kappa shape index (κ1) is 12.9. The number of nitrogens with one attached hydrogen (secondary N) is 1. The summed E-state index contributed by atoms with van der Waals surface area (Å²) in [7, 11) is 1.95. The van der Waals surface area contributed by atoms with Crippen LogP contribution in [-0.4, -0.2) is 14.8 Å². The van der Waals surface area contributed by atoms with Gasteiger partial charge in [0.1, 0.15) is 6.33 Å². The minimum Gasteiger partial charge on any atom is -0.380 e. The van der Waals surface area contributed by atoms with Crippen molar-refractivity contribution in [2.45, 2.75) is 13.5 Å². The maximum absolute atomic E-state index is 4.14. The Morgan fingerprint density at radius 3 is 2.90 bits per heavy atom. The fourth-order valence-electron chi connectivity index (χ4n) is 2.08. The van der Waals surface area contributed by atoms with Crippen LogP contribution >= 0.6 is 11.3 Å². The fourth-order valence-corrected chi connectivity index (χ4v) is 2.93. The van der Waals surface area contributed by atoms with Gasteiger partial charge in [0, 0.05) is 29.7 Å². The molecule has 1 N–H and O–H groups in total. The van der Waals surface area contributed by atoms with Crippen molar-refractivity contribution in [1.29, 1.82) is 0 Å². The molecule has 0 bridgehead atoms. The monoisotopic (exact) mass is 284 g/mol. The average molecular weight is 284 g/mol. The van der Waals surface area contributed by atoms with Gasteiger partial charge in [-0.15, -0.1) is 21.5 Å². The van der Waals surface area contributed by atoms with E-state index in [1.165, 1.54) is 10.4 Å². The molecule has 0 radical (unpaired) electrons. The Hall–Kier alpha value is -2.14. The van der Waals surface area contributed by atoms with Crippen molar-refractivity contribution in [3.63, 3.8) is 0 Å². The second-order valence-electron chi connectivity index (χ2n) is 4.73. The molecule has 102 valence electrons. The van der Waals surface area contributed by atoms with Gasteiger partial charge < -0.3 is 9.88 Å². The van der Waals surface area contributed by atoms with Crippen LogP contribution in [0.25, 0.3) is 11.4 Å². The highest BCUT2D eigenvalue weighted by Gasteiger charge is 2.05. The van der Waals surface area contributed by atoms with E-state index in [1.54, 1.807) is 17.7 Å². The first-order chi connectivity index (χ1) is 9.74. The first-order valence-corrected chi connectivity index (χ1v) is 7.33. The van der Waals surface area contributed by atoms with Crippen LogP contribution in [0.15, 0.2) is 42.0 Å². The van der Waals surface area contributed by atoms with Crippen molar-refractivity contribution >= 4 is 17.0 Å². The third kappa shape index (κ3) is 2.58. The summed E-state index contributed by atoms with van der Waals surface area (Å²) >= 11 is 1.78. The number of aromatic nitrogens is 3. The Morgan fingerprint density at radius 1 is 1.30 bits per heavy atom. The molecule has 3 rings (SSSR count). The number of benzene rings is 1. The van der Waals surface area contributed by atoms with Gasteiger partial charge in [-0.3, -0.25) is 0 Å². The van der Waals surface area contributed by atoms with Gasteiger partial charge >= 0.3 is 0 Å². The van der Waals surface area contributed by atoms with E-state index >= 15 is 0 Å². The molecule has 2 heterocycles. The van der Waals surface area contributed by atoms with Crippen LogP contribution in [-0.2, 0) is 13.6 Å². The largest absolute Gasteiger partial charge is 0.380 e. The summed E-state index contributed by atoms with van der Waals surface area (Å²) in [6.45, 7) is 3.00. The van der Waals surface area contributed by atoms with Crippen LogP contribution in [0, 0.1) is 6.92 Å². The second kappa shape index (κ2) is 5.46. The molecule has 5 heteroatoms. The summed E-state index contributed by atoms with van der Waals surface area (Å²) < 4.78 is 1.92. The average Bonchev–Trinajstić information content (AvgIpc) is 3.05. The zero-order chi connectivity index (χ0) is 13.9. The van der Waals surface area contributed by atoms with Crippen molar-refractivity contribution in [2.75, 3.05) is 5.32 Å². The van der Waals surface area contributed by atoms with E-state index in [9.17, 15) is 0 Å². The predicted molar refractivity (Wildman–Crippen MR) is 82.8 cm³/mol. The van der Waals surface area contributed by atoms with E-state index in [0.717, 1.165) is 23.6 Å². The highest BCUT2D eigenvalue weighted by atomic mass is 32.1. The normalized spacial score (nSPS) is 10.7. The lowest BCUT2D eigenvalue weighted by atomic mass is 10.2. The van der Waals surface area contributed by atoms with E-state index in [0.29, 0.717) is 0 Å².